The van der Waals surface area contributed by atoms with Crippen molar-refractivity contribution in [3.8, 4) is 5.75 Å². The average Bonchev–Trinajstić information content (AvgIpc) is 2.57. The lowest BCUT2D eigenvalue weighted by molar-refractivity contribution is -0.143. The number of nitrogens with zero attached hydrogens (tertiary/aromatic N) is 1. The number of hydrogen-bond acceptors (Lipinski definition) is 4. The summed E-state index contributed by atoms with van der Waals surface area (Å²) in [5.41, 5.74) is 2.38. The second kappa shape index (κ2) is 13.7. The van der Waals surface area contributed by atoms with Gasteiger partial charge in [0.05, 0.1) is 13.7 Å². The number of hydrogen-bond donors (Lipinski definition) is 2. The highest BCUT2D eigenvalue weighted by atomic mass is 127. The smallest absolute Gasteiger partial charge is 0.305 e. The molecular formula is C18H30IN3O3. The maximum atomic E-state index is 11.3. The molecule has 1 rings (SSSR count). The van der Waals surface area contributed by atoms with Crippen LogP contribution in [0.1, 0.15) is 30.9 Å². The van der Waals surface area contributed by atoms with Crippen molar-refractivity contribution in [1.29, 1.82) is 0 Å². The van der Waals surface area contributed by atoms with Crippen LogP contribution in [-0.2, 0) is 16.0 Å². The summed E-state index contributed by atoms with van der Waals surface area (Å²) in [7, 11) is 3.42. The second-order valence-corrected chi connectivity index (χ2v) is 5.40. The van der Waals surface area contributed by atoms with Crippen LogP contribution in [0.4, 0.5) is 0 Å². The van der Waals surface area contributed by atoms with Crippen LogP contribution >= 0.6 is 24.0 Å². The van der Waals surface area contributed by atoms with Gasteiger partial charge in [-0.3, -0.25) is 9.79 Å². The number of methoxy groups -OCH3 is 1. The van der Waals surface area contributed by atoms with E-state index in [1.807, 2.05) is 19.1 Å². The third-order valence-electron chi connectivity index (χ3n) is 3.50. The summed E-state index contributed by atoms with van der Waals surface area (Å²) in [6.45, 7) is 5.73. The number of ether oxygens (including phenoxy) is 2. The molecule has 0 saturated heterocycles. The van der Waals surface area contributed by atoms with E-state index in [0.717, 1.165) is 24.7 Å². The number of nitrogens with one attached hydrogen (secondary N) is 2. The van der Waals surface area contributed by atoms with Gasteiger partial charge in [-0.2, -0.15) is 0 Å². The van der Waals surface area contributed by atoms with E-state index in [0.29, 0.717) is 26.0 Å². The van der Waals surface area contributed by atoms with Gasteiger partial charge < -0.3 is 20.1 Å². The first kappa shape index (κ1) is 23.5. The molecule has 0 heterocycles. The molecule has 1 aromatic rings. The van der Waals surface area contributed by atoms with Crippen LogP contribution in [0.2, 0.25) is 0 Å². The maximum Gasteiger partial charge on any atom is 0.305 e. The Kier molecular flexibility index (Phi) is 12.9. The Morgan fingerprint density at radius 2 is 1.96 bits per heavy atom. The molecule has 7 heteroatoms. The van der Waals surface area contributed by atoms with Crippen molar-refractivity contribution < 1.29 is 14.3 Å². The van der Waals surface area contributed by atoms with Gasteiger partial charge in [0, 0.05) is 26.6 Å². The molecule has 0 aliphatic rings. The predicted molar refractivity (Wildman–Crippen MR) is 112 cm³/mol. The minimum absolute atomic E-state index is 0. The minimum Gasteiger partial charge on any atom is -0.496 e. The van der Waals surface area contributed by atoms with E-state index in [1.54, 1.807) is 14.2 Å². The van der Waals surface area contributed by atoms with E-state index in [1.165, 1.54) is 11.1 Å². The highest BCUT2D eigenvalue weighted by Crippen LogP contribution is 2.19. The largest absolute Gasteiger partial charge is 0.496 e. The van der Waals surface area contributed by atoms with Gasteiger partial charge >= 0.3 is 5.97 Å². The molecule has 0 aliphatic heterocycles. The molecule has 0 radical (unpaired) electrons. The summed E-state index contributed by atoms with van der Waals surface area (Å²) in [5.74, 6) is 1.47. The van der Waals surface area contributed by atoms with Gasteiger partial charge in [0.15, 0.2) is 5.96 Å². The van der Waals surface area contributed by atoms with Crippen molar-refractivity contribution >= 4 is 35.9 Å². The summed E-state index contributed by atoms with van der Waals surface area (Å²) in [6, 6.07) is 6.17. The average molecular weight is 463 g/mol. The van der Waals surface area contributed by atoms with Crippen molar-refractivity contribution in [3.05, 3.63) is 29.3 Å². The Hall–Kier alpha value is -1.51. The van der Waals surface area contributed by atoms with Gasteiger partial charge in [-0.05, 0) is 38.3 Å². The van der Waals surface area contributed by atoms with E-state index >= 15 is 0 Å². The van der Waals surface area contributed by atoms with Crippen LogP contribution in [0, 0.1) is 6.92 Å². The fraction of sp³-hybridized carbons (Fsp3) is 0.556. The molecule has 0 unspecified atom stereocenters. The summed E-state index contributed by atoms with van der Waals surface area (Å²) in [6.07, 6.45) is 1.97. The van der Waals surface area contributed by atoms with Gasteiger partial charge in [0.25, 0.3) is 0 Å². The summed E-state index contributed by atoms with van der Waals surface area (Å²) >= 11 is 0. The first-order chi connectivity index (χ1) is 11.6. The normalized spacial score (nSPS) is 10.6. The lowest BCUT2D eigenvalue weighted by Gasteiger charge is -2.13. The third kappa shape index (κ3) is 9.52. The van der Waals surface area contributed by atoms with E-state index in [4.69, 9.17) is 9.47 Å². The number of aliphatic imine (C=N–C) groups is 1. The van der Waals surface area contributed by atoms with Crippen molar-refractivity contribution in [1.82, 2.24) is 10.6 Å². The Morgan fingerprint density at radius 3 is 2.60 bits per heavy atom. The molecule has 6 nitrogen and oxygen atoms in total. The third-order valence-corrected chi connectivity index (χ3v) is 3.50. The highest BCUT2D eigenvalue weighted by Gasteiger charge is 2.05. The maximum absolute atomic E-state index is 11.3. The molecule has 25 heavy (non-hydrogen) atoms. The number of carbonyl (C=O) groups is 1. The number of esters is 1. The quantitative estimate of drug-likeness (QED) is 0.194. The van der Waals surface area contributed by atoms with Crippen LogP contribution in [0.25, 0.3) is 0 Å². The van der Waals surface area contributed by atoms with Crippen LogP contribution in [0.3, 0.4) is 0 Å². The highest BCUT2D eigenvalue weighted by molar-refractivity contribution is 14.0. The lowest BCUT2D eigenvalue weighted by atomic mass is 10.1. The topological polar surface area (TPSA) is 72.0 Å². The van der Waals surface area contributed by atoms with Gasteiger partial charge in [-0.1, -0.05) is 17.7 Å². The van der Waals surface area contributed by atoms with Crippen molar-refractivity contribution in [3.63, 3.8) is 0 Å². The minimum atomic E-state index is -0.159. The van der Waals surface area contributed by atoms with Crippen molar-refractivity contribution in [2.24, 2.45) is 4.99 Å². The Morgan fingerprint density at radius 1 is 1.24 bits per heavy atom. The Labute approximate surface area is 167 Å². The van der Waals surface area contributed by atoms with Gasteiger partial charge in [-0.25, -0.2) is 0 Å². The molecule has 0 atom stereocenters. The molecule has 0 aliphatic carbocycles. The summed E-state index contributed by atoms with van der Waals surface area (Å²) < 4.78 is 10.3. The molecular weight excluding hydrogens is 433 g/mol. The van der Waals surface area contributed by atoms with Gasteiger partial charge in [0.2, 0.25) is 0 Å². The molecule has 0 fully saturated rings. The summed E-state index contributed by atoms with van der Waals surface area (Å²) in [4.78, 5) is 15.4. The fourth-order valence-corrected chi connectivity index (χ4v) is 2.31. The number of carbonyl (C=O) groups excluding carboxylic acids is 1. The molecule has 0 amide bonds. The lowest BCUT2D eigenvalue weighted by Crippen LogP contribution is -2.38. The van der Waals surface area contributed by atoms with E-state index in [2.05, 4.69) is 28.6 Å². The van der Waals surface area contributed by atoms with Crippen LogP contribution < -0.4 is 15.4 Å². The second-order valence-electron chi connectivity index (χ2n) is 5.40. The number of benzene rings is 1. The number of rotatable bonds is 9. The first-order valence-electron chi connectivity index (χ1n) is 8.34. The van der Waals surface area contributed by atoms with Gasteiger partial charge in [0.1, 0.15) is 5.75 Å². The first-order valence-corrected chi connectivity index (χ1v) is 8.34. The number of aryl methyl sites for hydroxylation is 1. The number of guanidine groups is 1. The molecule has 1 aromatic carbocycles. The molecule has 0 aromatic heterocycles. The Bertz CT molecular complexity index is 550. The molecule has 2 N–H and O–H groups in total. The van der Waals surface area contributed by atoms with Gasteiger partial charge in [-0.15, -0.1) is 24.0 Å². The molecule has 0 bridgehead atoms. The summed E-state index contributed by atoms with van der Waals surface area (Å²) in [5, 5.41) is 6.46. The van der Waals surface area contributed by atoms with Crippen molar-refractivity contribution in [2.75, 3.05) is 33.9 Å². The van der Waals surface area contributed by atoms with Crippen LogP contribution in [0.5, 0.6) is 5.75 Å². The zero-order chi connectivity index (χ0) is 17.8. The zero-order valence-electron chi connectivity index (χ0n) is 15.6. The van der Waals surface area contributed by atoms with E-state index in [-0.39, 0.29) is 29.9 Å². The molecule has 0 saturated carbocycles. The molecule has 0 spiro atoms. The number of halogens is 1. The van der Waals surface area contributed by atoms with E-state index in [9.17, 15) is 4.79 Å². The Balaban J connectivity index is 0.00000576. The fourth-order valence-electron chi connectivity index (χ4n) is 2.31. The SMILES string of the molecule is CCOC(=O)CCCNC(=NC)NCCc1cc(C)ccc1OC.I. The standard InChI is InChI=1S/C18H29N3O3.HI/c1-5-24-17(22)7-6-11-20-18(19-3)21-12-10-15-13-14(2)8-9-16(15)23-4;/h8-9,13H,5-7,10-12H2,1-4H3,(H2,19,20,21);1H. The van der Waals surface area contributed by atoms with Crippen molar-refractivity contribution in [2.45, 2.75) is 33.1 Å². The van der Waals surface area contributed by atoms with Crippen LogP contribution in [-0.4, -0.2) is 45.8 Å². The van der Waals surface area contributed by atoms with Crippen LogP contribution in [0.15, 0.2) is 23.2 Å². The predicted octanol–water partition coefficient (Wildman–Crippen LogP) is 2.67. The van der Waals surface area contributed by atoms with E-state index < -0.39 is 0 Å². The molecule has 142 valence electrons. The zero-order valence-corrected chi connectivity index (χ0v) is 17.9. The monoisotopic (exact) mass is 463 g/mol.